The molecule has 1 N–H and O–H groups in total. The maximum atomic E-state index is 13.7. The quantitative estimate of drug-likeness (QED) is 0.257. The lowest BCUT2D eigenvalue weighted by Gasteiger charge is -2.21. The summed E-state index contributed by atoms with van der Waals surface area (Å²) in [6, 6.07) is 14.1. The highest BCUT2D eigenvalue weighted by Gasteiger charge is 2.48. The van der Waals surface area contributed by atoms with Crippen LogP contribution in [0.2, 0.25) is 0 Å². The number of nitrogens with zero attached hydrogens (tertiary/aromatic N) is 2. The van der Waals surface area contributed by atoms with Crippen LogP contribution in [-0.4, -0.2) is 21.8 Å². The van der Waals surface area contributed by atoms with Crippen LogP contribution < -0.4 is 4.90 Å². The smallest absolute Gasteiger partial charge is 0.301 e. The summed E-state index contributed by atoms with van der Waals surface area (Å²) in [6.45, 7) is 1.92. The topological polar surface area (TPSA) is 70.5 Å². The molecular formula is C23H15FN2O3S2. The summed E-state index contributed by atoms with van der Waals surface area (Å²) in [6.07, 6.45) is 0. The van der Waals surface area contributed by atoms with E-state index in [-0.39, 0.29) is 16.5 Å². The lowest BCUT2D eigenvalue weighted by molar-refractivity contribution is -0.132. The average Bonchev–Trinajstić information content (AvgIpc) is 3.47. The molecule has 4 aromatic rings. The Kier molecular flexibility index (Phi) is 4.68. The number of hydrogen-bond acceptors (Lipinski definition) is 6. The number of halogens is 1. The van der Waals surface area contributed by atoms with Gasteiger partial charge in [0.2, 0.25) is 0 Å². The SMILES string of the molecule is Cc1ccc(/C(O)=C2\C(=O)C(=O)N(c3nc4ccc(F)cc4s3)C2c2cccs2)cc1. The Morgan fingerprint density at radius 3 is 2.61 bits per heavy atom. The zero-order valence-electron chi connectivity index (χ0n) is 16.2. The largest absolute Gasteiger partial charge is 0.507 e. The normalized spacial score (nSPS) is 18.3. The maximum Gasteiger partial charge on any atom is 0.301 e. The lowest BCUT2D eigenvalue weighted by Crippen LogP contribution is -2.28. The molecule has 1 atom stereocenters. The number of aromatic nitrogens is 1. The molecule has 31 heavy (non-hydrogen) atoms. The molecule has 1 aliphatic heterocycles. The van der Waals surface area contributed by atoms with E-state index in [1.165, 1.54) is 34.4 Å². The van der Waals surface area contributed by atoms with Crippen LogP contribution in [-0.2, 0) is 9.59 Å². The third-order valence-corrected chi connectivity index (χ3v) is 7.07. The third-order valence-electron chi connectivity index (χ3n) is 5.13. The molecule has 2 aromatic carbocycles. The lowest BCUT2D eigenvalue weighted by atomic mass is 9.99. The van der Waals surface area contributed by atoms with E-state index in [9.17, 15) is 19.1 Å². The molecule has 1 fully saturated rings. The summed E-state index contributed by atoms with van der Waals surface area (Å²) in [5.74, 6) is -2.18. The van der Waals surface area contributed by atoms with Gasteiger partial charge in [0.25, 0.3) is 5.78 Å². The van der Waals surface area contributed by atoms with Crippen molar-refractivity contribution >= 4 is 55.5 Å². The molecule has 1 saturated heterocycles. The number of anilines is 1. The number of aryl methyl sites for hydroxylation is 1. The van der Waals surface area contributed by atoms with Gasteiger partial charge in [0, 0.05) is 10.4 Å². The van der Waals surface area contributed by atoms with E-state index in [0.29, 0.717) is 15.8 Å². The molecule has 0 radical (unpaired) electrons. The number of rotatable bonds is 3. The third kappa shape index (κ3) is 3.24. The molecule has 0 spiro atoms. The minimum atomic E-state index is -0.813. The van der Waals surface area contributed by atoms with Gasteiger partial charge in [-0.05, 0) is 36.6 Å². The first-order chi connectivity index (χ1) is 14.9. The second kappa shape index (κ2) is 7.40. The molecule has 3 heterocycles. The van der Waals surface area contributed by atoms with Crippen LogP contribution in [0.1, 0.15) is 22.0 Å². The number of carbonyl (C=O) groups is 2. The minimum Gasteiger partial charge on any atom is -0.507 e. The molecule has 5 rings (SSSR count). The van der Waals surface area contributed by atoms with Crippen LogP contribution in [0.25, 0.3) is 16.0 Å². The van der Waals surface area contributed by atoms with Crippen LogP contribution in [0.3, 0.4) is 0 Å². The van der Waals surface area contributed by atoms with Gasteiger partial charge in [-0.3, -0.25) is 14.5 Å². The van der Waals surface area contributed by atoms with E-state index in [4.69, 9.17) is 0 Å². The van der Waals surface area contributed by atoms with Crippen LogP contribution >= 0.6 is 22.7 Å². The zero-order valence-corrected chi connectivity index (χ0v) is 17.8. The Labute approximate surface area is 184 Å². The van der Waals surface area contributed by atoms with E-state index in [2.05, 4.69) is 4.98 Å². The van der Waals surface area contributed by atoms with Gasteiger partial charge in [0.1, 0.15) is 17.6 Å². The molecule has 0 aliphatic carbocycles. The van der Waals surface area contributed by atoms with Crippen molar-refractivity contribution in [2.24, 2.45) is 0 Å². The number of ketones is 1. The van der Waals surface area contributed by atoms with Crippen LogP contribution in [0, 0.1) is 12.7 Å². The fourth-order valence-corrected chi connectivity index (χ4v) is 5.44. The van der Waals surface area contributed by atoms with Gasteiger partial charge in [-0.25, -0.2) is 9.37 Å². The van der Waals surface area contributed by atoms with E-state index >= 15 is 0 Å². The number of amides is 1. The Hall–Kier alpha value is -3.36. The zero-order chi connectivity index (χ0) is 21.7. The van der Waals surface area contributed by atoms with Crippen molar-refractivity contribution < 1.29 is 19.1 Å². The van der Waals surface area contributed by atoms with Crippen molar-refractivity contribution in [1.82, 2.24) is 4.98 Å². The number of thiazole rings is 1. The first-order valence-corrected chi connectivity index (χ1v) is 11.1. The van der Waals surface area contributed by atoms with E-state index < -0.39 is 23.5 Å². The Bertz CT molecular complexity index is 1360. The van der Waals surface area contributed by atoms with Gasteiger partial charge in [0.05, 0.1) is 15.8 Å². The summed E-state index contributed by atoms with van der Waals surface area (Å²) in [4.78, 5) is 32.6. The molecule has 2 aromatic heterocycles. The van der Waals surface area contributed by atoms with E-state index in [1.807, 2.05) is 36.6 Å². The van der Waals surface area contributed by atoms with Crippen molar-refractivity contribution in [3.8, 4) is 0 Å². The van der Waals surface area contributed by atoms with Crippen molar-refractivity contribution in [3.63, 3.8) is 0 Å². The number of hydrogen-bond donors (Lipinski definition) is 1. The van der Waals surface area contributed by atoms with Crippen molar-refractivity contribution in [1.29, 1.82) is 0 Å². The molecular weight excluding hydrogens is 435 g/mol. The fourth-order valence-electron chi connectivity index (χ4n) is 3.60. The standard InChI is InChI=1S/C23H15FN2O3S2/c1-12-4-6-13(7-5-12)20(27)18-19(16-3-2-10-30-16)26(22(29)21(18)28)23-25-15-9-8-14(24)11-17(15)31-23/h2-11,19,27H,1H3/b20-18+. The summed E-state index contributed by atoms with van der Waals surface area (Å²) in [7, 11) is 0. The summed E-state index contributed by atoms with van der Waals surface area (Å²) in [5, 5.41) is 13.2. The molecule has 1 aliphatic rings. The van der Waals surface area contributed by atoms with Crippen molar-refractivity contribution in [2.75, 3.05) is 4.90 Å². The predicted octanol–water partition coefficient (Wildman–Crippen LogP) is 5.43. The highest BCUT2D eigenvalue weighted by atomic mass is 32.1. The Morgan fingerprint density at radius 1 is 1.13 bits per heavy atom. The van der Waals surface area contributed by atoms with Gasteiger partial charge in [-0.2, -0.15) is 0 Å². The minimum absolute atomic E-state index is 0.0155. The molecule has 154 valence electrons. The van der Waals surface area contributed by atoms with Gasteiger partial charge in [0.15, 0.2) is 5.13 Å². The predicted molar refractivity (Wildman–Crippen MR) is 120 cm³/mol. The Morgan fingerprint density at radius 2 is 1.90 bits per heavy atom. The van der Waals surface area contributed by atoms with Crippen LogP contribution in [0.5, 0.6) is 0 Å². The maximum absolute atomic E-state index is 13.7. The molecule has 1 unspecified atom stereocenters. The van der Waals surface area contributed by atoms with Crippen molar-refractivity contribution in [2.45, 2.75) is 13.0 Å². The molecule has 0 bridgehead atoms. The highest BCUT2D eigenvalue weighted by Crippen LogP contribution is 2.45. The number of Topliss-reactive ketones (excluding diaryl/α,β-unsaturated/α-hetero) is 1. The molecule has 0 saturated carbocycles. The summed E-state index contributed by atoms with van der Waals surface area (Å²) in [5.41, 5.74) is 2.01. The number of carbonyl (C=O) groups excluding carboxylic acids is 2. The average molecular weight is 451 g/mol. The second-order valence-corrected chi connectivity index (χ2v) is 9.15. The fraction of sp³-hybridized carbons (Fsp3) is 0.0870. The van der Waals surface area contributed by atoms with E-state index in [0.717, 1.165) is 21.8 Å². The number of aliphatic hydroxyl groups is 1. The first-order valence-electron chi connectivity index (χ1n) is 9.41. The molecule has 5 nitrogen and oxygen atoms in total. The Balaban J connectivity index is 1.71. The molecule has 8 heteroatoms. The number of fused-ring (bicyclic) bond motifs is 1. The summed E-state index contributed by atoms with van der Waals surface area (Å²) >= 11 is 2.51. The van der Waals surface area contributed by atoms with Gasteiger partial charge >= 0.3 is 5.91 Å². The molecule has 1 amide bonds. The first kappa shape index (κ1) is 19.6. The number of thiophene rings is 1. The number of aliphatic hydroxyl groups excluding tert-OH is 1. The van der Waals surface area contributed by atoms with Crippen LogP contribution in [0.4, 0.5) is 9.52 Å². The monoisotopic (exact) mass is 450 g/mol. The van der Waals surface area contributed by atoms with Gasteiger partial charge in [-0.1, -0.05) is 47.2 Å². The number of benzene rings is 2. The van der Waals surface area contributed by atoms with Crippen LogP contribution in [0.15, 0.2) is 65.6 Å². The van der Waals surface area contributed by atoms with Gasteiger partial charge < -0.3 is 5.11 Å². The second-order valence-electron chi connectivity index (χ2n) is 7.16. The van der Waals surface area contributed by atoms with Crippen molar-refractivity contribution in [3.05, 3.63) is 87.4 Å². The van der Waals surface area contributed by atoms with Gasteiger partial charge in [-0.15, -0.1) is 11.3 Å². The highest BCUT2D eigenvalue weighted by molar-refractivity contribution is 7.22. The summed E-state index contributed by atoms with van der Waals surface area (Å²) < 4.78 is 14.2. The van der Waals surface area contributed by atoms with E-state index in [1.54, 1.807) is 12.1 Å².